The van der Waals surface area contributed by atoms with Crippen molar-refractivity contribution in [3.63, 3.8) is 0 Å². The third-order valence-corrected chi connectivity index (χ3v) is 4.36. The Labute approximate surface area is 118 Å². The number of rotatable bonds is 2. The molecule has 0 saturated carbocycles. The monoisotopic (exact) mass is 286 g/mol. The van der Waals surface area contributed by atoms with Crippen LogP contribution in [-0.4, -0.2) is 27.4 Å². The van der Waals surface area contributed by atoms with E-state index in [1.165, 1.54) is 0 Å². The molecule has 1 aromatic carbocycles. The molecule has 0 amide bonds. The molecular weight excluding hydrogens is 276 g/mol. The van der Waals surface area contributed by atoms with Gasteiger partial charge < -0.3 is 8.94 Å². The summed E-state index contributed by atoms with van der Waals surface area (Å²) in [6.45, 7) is 0. The van der Waals surface area contributed by atoms with Crippen LogP contribution < -0.4 is 0 Å². The number of carbonyl (C=O) groups excluding carboxylic acids is 1. The maximum Gasteiger partial charge on any atom is 0.238 e. The summed E-state index contributed by atoms with van der Waals surface area (Å²) in [6, 6.07) is 9.57. The zero-order chi connectivity index (χ0) is 13.5. The van der Waals surface area contributed by atoms with Gasteiger partial charge in [-0.2, -0.15) is 16.7 Å². The number of ketones is 1. The van der Waals surface area contributed by atoms with Crippen LogP contribution in [0.25, 0.3) is 22.6 Å². The van der Waals surface area contributed by atoms with E-state index in [1.807, 2.05) is 30.3 Å². The number of hydrogen-bond acceptors (Lipinski definition) is 6. The lowest BCUT2D eigenvalue weighted by Gasteiger charge is -1.97. The number of para-hydroxylation sites is 1. The number of Topliss-reactive ketones (excluding diaryl/α,β-unsaturated/α-hetero) is 1. The largest absolute Gasteiger partial charge is 0.453 e. The standard InChI is InChI=1S/C14H10N2O3S/c17-10-7-20-6-9(10)14-15-13(16-19-14)12-5-8-3-1-2-4-11(8)18-12/h1-5,9H,6-7H2. The molecule has 1 aliphatic rings. The molecule has 20 heavy (non-hydrogen) atoms. The van der Waals surface area contributed by atoms with Crippen molar-refractivity contribution in [2.24, 2.45) is 0 Å². The van der Waals surface area contributed by atoms with Gasteiger partial charge in [-0.05, 0) is 12.1 Å². The van der Waals surface area contributed by atoms with Crippen molar-refractivity contribution < 1.29 is 13.7 Å². The van der Waals surface area contributed by atoms with Gasteiger partial charge in [-0.15, -0.1) is 0 Å². The summed E-state index contributed by atoms with van der Waals surface area (Å²) < 4.78 is 10.9. The first-order valence-electron chi connectivity index (χ1n) is 6.24. The molecule has 6 heteroatoms. The highest BCUT2D eigenvalue weighted by Crippen LogP contribution is 2.31. The van der Waals surface area contributed by atoms with Gasteiger partial charge in [-0.25, -0.2) is 0 Å². The Kier molecular flexibility index (Phi) is 2.63. The third-order valence-electron chi connectivity index (χ3n) is 3.30. The van der Waals surface area contributed by atoms with E-state index in [2.05, 4.69) is 10.1 Å². The number of carbonyl (C=O) groups is 1. The van der Waals surface area contributed by atoms with Gasteiger partial charge in [0.15, 0.2) is 11.5 Å². The molecule has 1 saturated heterocycles. The molecule has 1 atom stereocenters. The van der Waals surface area contributed by atoms with Crippen molar-refractivity contribution in [3.05, 3.63) is 36.2 Å². The number of thioether (sulfide) groups is 1. The lowest BCUT2D eigenvalue weighted by molar-refractivity contribution is -0.117. The van der Waals surface area contributed by atoms with E-state index in [9.17, 15) is 4.79 Å². The summed E-state index contributed by atoms with van der Waals surface area (Å²) in [6.07, 6.45) is 0. The number of furan rings is 1. The van der Waals surface area contributed by atoms with Gasteiger partial charge in [-0.3, -0.25) is 4.79 Å². The van der Waals surface area contributed by atoms with E-state index in [1.54, 1.807) is 11.8 Å². The second kappa shape index (κ2) is 4.49. The summed E-state index contributed by atoms with van der Waals surface area (Å²) in [5.41, 5.74) is 0.779. The SMILES string of the molecule is O=C1CSCC1c1nc(-c2cc3ccccc3o2)no1. The second-order valence-corrected chi connectivity index (χ2v) is 5.67. The fourth-order valence-electron chi connectivity index (χ4n) is 2.25. The van der Waals surface area contributed by atoms with Gasteiger partial charge in [0.25, 0.3) is 0 Å². The van der Waals surface area contributed by atoms with Crippen LogP contribution >= 0.6 is 11.8 Å². The lowest BCUT2D eigenvalue weighted by Crippen LogP contribution is -2.09. The van der Waals surface area contributed by atoms with Crippen LogP contribution in [0.4, 0.5) is 0 Å². The molecule has 0 radical (unpaired) electrons. The summed E-state index contributed by atoms with van der Waals surface area (Å²) in [5.74, 6) is 2.43. The molecule has 100 valence electrons. The Morgan fingerprint density at radius 2 is 2.20 bits per heavy atom. The van der Waals surface area contributed by atoms with Crippen molar-refractivity contribution in [2.75, 3.05) is 11.5 Å². The van der Waals surface area contributed by atoms with E-state index in [-0.39, 0.29) is 11.7 Å². The number of hydrogen-bond donors (Lipinski definition) is 0. The molecule has 1 fully saturated rings. The van der Waals surface area contributed by atoms with Crippen molar-refractivity contribution in [3.8, 4) is 11.6 Å². The second-order valence-electron chi connectivity index (χ2n) is 4.64. The summed E-state index contributed by atoms with van der Waals surface area (Å²) >= 11 is 1.59. The van der Waals surface area contributed by atoms with Gasteiger partial charge in [0.05, 0.1) is 5.75 Å². The minimum absolute atomic E-state index is 0.148. The minimum atomic E-state index is -0.273. The van der Waals surface area contributed by atoms with Gasteiger partial charge in [0.2, 0.25) is 11.7 Å². The van der Waals surface area contributed by atoms with Crippen LogP contribution in [0, 0.1) is 0 Å². The fourth-order valence-corrected chi connectivity index (χ4v) is 3.33. The Morgan fingerprint density at radius 3 is 3.00 bits per heavy atom. The van der Waals surface area contributed by atoms with Crippen LogP contribution in [0.2, 0.25) is 0 Å². The number of nitrogens with zero attached hydrogens (tertiary/aromatic N) is 2. The third kappa shape index (κ3) is 1.84. The average Bonchev–Trinajstić information content (AvgIpc) is 3.15. The van der Waals surface area contributed by atoms with Crippen LogP contribution in [0.3, 0.4) is 0 Å². The van der Waals surface area contributed by atoms with E-state index < -0.39 is 0 Å². The van der Waals surface area contributed by atoms with Crippen LogP contribution in [0.15, 0.2) is 39.3 Å². The summed E-state index contributed by atoms with van der Waals surface area (Å²) in [5, 5.41) is 4.91. The number of benzene rings is 1. The molecule has 5 nitrogen and oxygen atoms in total. The molecule has 0 bridgehead atoms. The first-order chi connectivity index (χ1) is 9.81. The number of fused-ring (bicyclic) bond motifs is 1. The molecule has 1 aliphatic heterocycles. The minimum Gasteiger partial charge on any atom is -0.453 e. The molecule has 2 aromatic heterocycles. The average molecular weight is 286 g/mol. The first kappa shape index (κ1) is 11.7. The molecular formula is C14H10N2O3S. The van der Waals surface area contributed by atoms with E-state index >= 15 is 0 Å². The Bertz CT molecular complexity index is 759. The molecule has 0 N–H and O–H groups in total. The molecule has 3 aromatic rings. The number of aromatic nitrogens is 2. The van der Waals surface area contributed by atoms with Crippen molar-refractivity contribution >= 4 is 28.5 Å². The van der Waals surface area contributed by atoms with Crippen LogP contribution in [0.5, 0.6) is 0 Å². The van der Waals surface area contributed by atoms with Gasteiger partial charge in [-0.1, -0.05) is 23.4 Å². The molecule has 3 heterocycles. The molecule has 1 unspecified atom stereocenters. The van der Waals surface area contributed by atoms with Crippen LogP contribution in [0.1, 0.15) is 11.8 Å². The molecule has 0 aliphatic carbocycles. The predicted octanol–water partition coefficient (Wildman–Crippen LogP) is 2.88. The zero-order valence-corrected chi connectivity index (χ0v) is 11.2. The van der Waals surface area contributed by atoms with E-state index in [0.29, 0.717) is 29.0 Å². The van der Waals surface area contributed by atoms with Gasteiger partial charge in [0, 0.05) is 11.1 Å². The first-order valence-corrected chi connectivity index (χ1v) is 7.40. The zero-order valence-electron chi connectivity index (χ0n) is 10.4. The summed E-state index contributed by atoms with van der Waals surface area (Å²) in [7, 11) is 0. The Hall–Kier alpha value is -2.08. The highest BCUT2D eigenvalue weighted by Gasteiger charge is 2.32. The maximum absolute atomic E-state index is 11.7. The van der Waals surface area contributed by atoms with E-state index in [4.69, 9.17) is 8.94 Å². The van der Waals surface area contributed by atoms with Gasteiger partial charge >= 0.3 is 0 Å². The van der Waals surface area contributed by atoms with Crippen molar-refractivity contribution in [1.29, 1.82) is 0 Å². The topological polar surface area (TPSA) is 69.1 Å². The molecule has 4 rings (SSSR count). The summed E-state index contributed by atoms with van der Waals surface area (Å²) in [4.78, 5) is 16.0. The quantitative estimate of drug-likeness (QED) is 0.721. The molecule has 0 spiro atoms. The smallest absolute Gasteiger partial charge is 0.238 e. The predicted molar refractivity (Wildman–Crippen MR) is 74.6 cm³/mol. The van der Waals surface area contributed by atoms with Crippen LogP contribution in [-0.2, 0) is 4.79 Å². The highest BCUT2D eigenvalue weighted by atomic mass is 32.2. The van der Waals surface area contributed by atoms with Crippen molar-refractivity contribution in [1.82, 2.24) is 10.1 Å². The Morgan fingerprint density at radius 1 is 1.30 bits per heavy atom. The Balaban J connectivity index is 1.72. The van der Waals surface area contributed by atoms with E-state index in [0.717, 1.165) is 11.0 Å². The normalized spacial score (nSPS) is 19.0. The van der Waals surface area contributed by atoms with Crippen molar-refractivity contribution in [2.45, 2.75) is 5.92 Å². The fraction of sp³-hybridized carbons (Fsp3) is 0.214. The maximum atomic E-state index is 11.7. The highest BCUT2D eigenvalue weighted by molar-refractivity contribution is 8.00. The van der Waals surface area contributed by atoms with Gasteiger partial charge in [0.1, 0.15) is 11.5 Å². The lowest BCUT2D eigenvalue weighted by atomic mass is 10.1.